The highest BCUT2D eigenvalue weighted by atomic mass is 35.5. The van der Waals surface area contributed by atoms with Gasteiger partial charge in [-0.15, -0.1) is 12.4 Å². The highest BCUT2D eigenvalue weighted by Gasteiger charge is 2.46. The van der Waals surface area contributed by atoms with Gasteiger partial charge in [-0.3, -0.25) is 0 Å². The predicted octanol–water partition coefficient (Wildman–Crippen LogP) is -19.1. The zero-order chi connectivity index (χ0) is 55.8. The quantitative estimate of drug-likeness (QED) is 0.117. The summed E-state index contributed by atoms with van der Waals surface area (Å²) in [7, 11) is 0. The molecule has 6 fully saturated rings. The zero-order valence-corrected chi connectivity index (χ0v) is 39.4. The van der Waals surface area contributed by atoms with Crippen LogP contribution in [-0.4, -0.2) is 346 Å². The van der Waals surface area contributed by atoms with Crippen LogP contribution in [0.1, 0.15) is 0 Å². The number of nitrogens with two attached hydrogens (primary N) is 6. The number of ether oxygens (including phenoxy) is 6. The van der Waals surface area contributed by atoms with Crippen molar-refractivity contribution in [3.05, 3.63) is 0 Å². The largest absolute Gasteiger partial charge is 0.394 e. The second kappa shape index (κ2) is 34.0. The van der Waals surface area contributed by atoms with Gasteiger partial charge in [0, 0.05) is 0 Å². The monoisotopic (exact) mass is 1110 g/mol. The van der Waals surface area contributed by atoms with E-state index in [4.69, 9.17) is 124 Å². The lowest BCUT2D eigenvalue weighted by Gasteiger charge is -2.38. The van der Waals surface area contributed by atoms with Crippen LogP contribution in [0.25, 0.3) is 0 Å². The van der Waals surface area contributed by atoms with Crippen molar-refractivity contribution in [2.75, 3.05) is 39.6 Å². The van der Waals surface area contributed by atoms with Crippen molar-refractivity contribution in [3.63, 3.8) is 0 Å². The average molecular weight is 1110 g/mol. The lowest BCUT2D eigenvalue weighted by Crippen LogP contribution is -2.61. The smallest absolute Gasteiger partial charge is 0.173 e. The van der Waals surface area contributed by atoms with E-state index in [0.717, 1.165) is 0 Å². The van der Waals surface area contributed by atoms with Gasteiger partial charge in [0.2, 0.25) is 0 Å². The minimum atomic E-state index is -1.35. The van der Waals surface area contributed by atoms with E-state index in [1.54, 1.807) is 0 Å². The molecule has 36 nitrogen and oxygen atoms in total. The molecule has 0 saturated carbocycles. The van der Waals surface area contributed by atoms with E-state index in [1.165, 1.54) is 0 Å². The van der Waals surface area contributed by atoms with Crippen molar-refractivity contribution in [3.8, 4) is 0 Å². The first-order chi connectivity index (χ1) is 33.4. The topological polar surface area (TPSA) is 697 Å². The second-order valence-electron chi connectivity index (χ2n) is 16.8. The molecule has 6 aliphatic heterocycles. The Kier molecular flexibility index (Phi) is 33.5. The molecule has 0 aromatic carbocycles. The van der Waals surface area contributed by atoms with Crippen LogP contribution >= 0.6 is 12.4 Å². The van der Waals surface area contributed by atoms with Gasteiger partial charge in [-0.1, -0.05) is 0 Å². The van der Waals surface area contributed by atoms with Crippen LogP contribution in [0.2, 0.25) is 0 Å². The Balaban J connectivity index is 0.000000850. The van der Waals surface area contributed by atoms with Crippen LogP contribution in [0.5, 0.6) is 0 Å². The van der Waals surface area contributed by atoms with Crippen LogP contribution in [-0.2, 0) is 28.4 Å². The molecule has 73 heavy (non-hydrogen) atoms. The van der Waals surface area contributed by atoms with Gasteiger partial charge in [0.05, 0.1) is 75.9 Å². The maximum atomic E-state index is 9.20. The van der Waals surface area contributed by atoms with Gasteiger partial charge in [0.25, 0.3) is 0 Å². The molecule has 0 amide bonds. The first-order valence-corrected chi connectivity index (χ1v) is 21.8. The zero-order valence-electron chi connectivity index (χ0n) is 38.6. The molecule has 440 valence electrons. The molecule has 6 aliphatic rings. The van der Waals surface area contributed by atoms with Gasteiger partial charge in [0.1, 0.15) is 110 Å². The number of hydrogen-bond donors (Lipinski definition) is 30. The van der Waals surface area contributed by atoms with E-state index in [0.29, 0.717) is 0 Å². The molecule has 0 aromatic heterocycles. The Morgan fingerprint density at radius 3 is 0.384 bits per heavy atom. The highest BCUT2D eigenvalue weighted by Crippen LogP contribution is 2.22. The van der Waals surface area contributed by atoms with Crippen molar-refractivity contribution >= 4 is 12.4 Å². The molecule has 0 spiro atoms. The van der Waals surface area contributed by atoms with E-state index >= 15 is 0 Å². The molecular formula is C36H79ClN6O30. The third-order valence-electron chi connectivity index (χ3n) is 11.7. The van der Waals surface area contributed by atoms with E-state index in [2.05, 4.69) is 0 Å². The minimum Gasteiger partial charge on any atom is -0.394 e. The third kappa shape index (κ3) is 19.6. The number of rotatable bonds is 6. The van der Waals surface area contributed by atoms with E-state index in [-0.39, 0.29) is 12.4 Å². The van der Waals surface area contributed by atoms with E-state index in [1.807, 2.05) is 0 Å². The van der Waals surface area contributed by atoms with Crippen molar-refractivity contribution in [1.29, 1.82) is 0 Å². The van der Waals surface area contributed by atoms with E-state index in [9.17, 15) is 61.3 Å². The summed E-state index contributed by atoms with van der Waals surface area (Å²) in [5.74, 6) is 0. The molecule has 0 aliphatic carbocycles. The molecule has 0 radical (unpaired) electrons. The highest BCUT2D eigenvalue weighted by molar-refractivity contribution is 5.85. The standard InChI is InChI=1S/6C6H13NO5.ClH/c6*7-3-5(10)4(9)2(1-8)12-6(3)11;/h6*2-6,8-11H,1,7H2;1H/t6*2-,3-,4-,5-,6?;/m111111./s1. The van der Waals surface area contributed by atoms with Crippen molar-refractivity contribution in [2.24, 2.45) is 34.4 Å². The Bertz CT molecular complexity index is 1170. The fourth-order valence-corrected chi connectivity index (χ4v) is 6.71. The molecule has 0 aromatic rings. The Labute approximate surface area is 420 Å². The van der Waals surface area contributed by atoms with Gasteiger partial charge >= 0.3 is 0 Å². The summed E-state index contributed by atoms with van der Waals surface area (Å²) in [5, 5.41) is 216. The van der Waals surface area contributed by atoms with Crippen molar-refractivity contribution in [2.45, 2.75) is 184 Å². The Morgan fingerprint density at radius 1 is 0.205 bits per heavy atom. The summed E-state index contributed by atoms with van der Waals surface area (Å²) in [4.78, 5) is 0. The molecule has 6 heterocycles. The molecule has 6 saturated heterocycles. The Morgan fingerprint density at radius 2 is 0.301 bits per heavy atom. The fourth-order valence-electron chi connectivity index (χ4n) is 6.71. The molecular weight excluding hydrogens is 1030 g/mol. The first kappa shape index (κ1) is 71.8. The van der Waals surface area contributed by atoms with Crippen LogP contribution in [0.3, 0.4) is 0 Å². The van der Waals surface area contributed by atoms with Gasteiger partial charge in [-0.25, -0.2) is 0 Å². The van der Waals surface area contributed by atoms with Gasteiger partial charge < -0.3 is 185 Å². The number of aliphatic hydroxyl groups is 24. The molecule has 30 atom stereocenters. The molecule has 0 bridgehead atoms. The Hall–Kier alpha value is -1.15. The summed E-state index contributed by atoms with van der Waals surface area (Å²) >= 11 is 0. The van der Waals surface area contributed by atoms with Crippen LogP contribution < -0.4 is 34.4 Å². The van der Waals surface area contributed by atoms with Crippen LogP contribution in [0, 0.1) is 0 Å². The van der Waals surface area contributed by atoms with Crippen LogP contribution in [0.15, 0.2) is 0 Å². The SMILES string of the molecule is Cl.N[C@H]1C(O)O[C@H](CO)[C@@H](O)[C@@H]1O.N[C@H]1C(O)O[C@H](CO)[C@@H](O)[C@@H]1O.N[C@H]1C(O)O[C@H](CO)[C@@H](O)[C@@H]1O.N[C@H]1C(O)O[C@H](CO)[C@@H](O)[C@@H]1O.N[C@H]1C(O)O[C@H](CO)[C@@H](O)[C@@H]1O.N[C@H]1C(O)O[C@H](CO)[C@@H](O)[C@@H]1O. The van der Waals surface area contributed by atoms with E-state index < -0.39 is 224 Å². The molecule has 6 unspecified atom stereocenters. The second-order valence-corrected chi connectivity index (χ2v) is 16.8. The van der Waals surface area contributed by atoms with Crippen LogP contribution in [0.4, 0.5) is 0 Å². The lowest BCUT2D eigenvalue weighted by atomic mass is 9.98. The summed E-state index contributed by atoms with van der Waals surface area (Å²) in [6.45, 7) is -2.82. The first-order valence-electron chi connectivity index (χ1n) is 21.8. The molecule has 37 heteroatoms. The lowest BCUT2D eigenvalue weighted by molar-refractivity contribution is -0.248. The van der Waals surface area contributed by atoms with Gasteiger partial charge in [-0.05, 0) is 0 Å². The summed E-state index contributed by atoms with van der Waals surface area (Å²) in [6, 6.07) is -6.23. The molecule has 6 rings (SSSR count). The number of halogens is 1. The summed E-state index contributed by atoms with van der Waals surface area (Å²) in [5.41, 5.74) is 31.6. The summed E-state index contributed by atoms with van der Waals surface area (Å²) in [6.07, 6.45) is -29.1. The predicted molar refractivity (Wildman–Crippen MR) is 235 cm³/mol. The minimum absolute atomic E-state index is 0. The average Bonchev–Trinajstić information content (AvgIpc) is 3.37. The summed E-state index contributed by atoms with van der Waals surface area (Å²) < 4.78 is 28.2. The number of aliphatic hydroxyl groups excluding tert-OH is 24. The maximum Gasteiger partial charge on any atom is 0.173 e. The van der Waals surface area contributed by atoms with Crippen molar-refractivity contribution < 1.29 is 151 Å². The molecule has 36 N–H and O–H groups in total. The number of hydrogen-bond acceptors (Lipinski definition) is 36. The van der Waals surface area contributed by atoms with Gasteiger partial charge in [-0.2, -0.15) is 0 Å². The van der Waals surface area contributed by atoms with Gasteiger partial charge in [0.15, 0.2) is 37.7 Å². The maximum absolute atomic E-state index is 9.20. The van der Waals surface area contributed by atoms with Crippen molar-refractivity contribution in [1.82, 2.24) is 0 Å². The third-order valence-corrected chi connectivity index (χ3v) is 11.7. The fraction of sp³-hybridized carbons (Fsp3) is 1.00. The normalized spacial score (nSPS) is 48.6.